The van der Waals surface area contributed by atoms with Crippen molar-refractivity contribution in [3.63, 3.8) is 0 Å². The third-order valence-electron chi connectivity index (χ3n) is 9.31. The molecule has 0 aliphatic carbocycles. The van der Waals surface area contributed by atoms with Crippen LogP contribution in [0.2, 0.25) is 0 Å². The van der Waals surface area contributed by atoms with Crippen molar-refractivity contribution in [1.29, 1.82) is 0 Å². The van der Waals surface area contributed by atoms with Crippen molar-refractivity contribution in [2.24, 2.45) is 0 Å². The average Bonchev–Trinajstić information content (AvgIpc) is 3.11. The van der Waals surface area contributed by atoms with E-state index in [-0.39, 0.29) is 26.8 Å². The summed E-state index contributed by atoms with van der Waals surface area (Å²) in [5, 5.41) is 12.1. The van der Waals surface area contributed by atoms with Crippen LogP contribution in [0.1, 0.15) is 101 Å². The van der Waals surface area contributed by atoms with Gasteiger partial charge in [-0.25, -0.2) is 4.98 Å². The maximum Gasteiger partial charge on any atom is 0.124 e. The summed E-state index contributed by atoms with van der Waals surface area (Å²) in [6, 6.07) is 39.6. The van der Waals surface area contributed by atoms with Gasteiger partial charge in [0.05, 0.1) is 10.7 Å². The molecule has 0 saturated carbocycles. The SMILES string of the molecule is CC(C)c1cc(-c2ccc(-c3[c-]c(Sc4ccccn4)cc(-c4c(C(C)C)cccc4C(C)C)c3)nc2-c2ccccc2O)cc(C(C)C)c1.[Pt]. The molecule has 6 rings (SSSR count). The van der Waals surface area contributed by atoms with Gasteiger partial charge in [0, 0.05) is 38.4 Å². The first kappa shape index (κ1) is 38.3. The molecule has 0 fully saturated rings. The van der Waals surface area contributed by atoms with Crippen molar-refractivity contribution < 1.29 is 26.2 Å². The molecular weight excluding hydrogens is 824 g/mol. The Bertz CT molecular complexity index is 2070. The van der Waals surface area contributed by atoms with E-state index in [1.165, 1.54) is 27.8 Å². The summed E-state index contributed by atoms with van der Waals surface area (Å²) in [6.07, 6.45) is 1.83. The molecule has 6 aromatic rings. The summed E-state index contributed by atoms with van der Waals surface area (Å²) >= 11 is 1.61. The minimum atomic E-state index is 0. The van der Waals surface area contributed by atoms with Crippen molar-refractivity contribution in [3.05, 3.63) is 138 Å². The average molecular weight is 871 g/mol. The van der Waals surface area contributed by atoms with Crippen LogP contribution in [-0.2, 0) is 21.1 Å². The summed E-state index contributed by atoms with van der Waals surface area (Å²) in [5.41, 5.74) is 12.9. The van der Waals surface area contributed by atoms with Crippen molar-refractivity contribution in [3.8, 4) is 50.5 Å². The van der Waals surface area contributed by atoms with Crippen LogP contribution in [0.25, 0.3) is 44.8 Å². The number of hydrogen-bond donors (Lipinski definition) is 1. The molecule has 2 heterocycles. The van der Waals surface area contributed by atoms with E-state index < -0.39 is 0 Å². The normalized spacial score (nSPS) is 11.5. The van der Waals surface area contributed by atoms with E-state index in [2.05, 4.69) is 127 Å². The maximum atomic E-state index is 11.2. The molecule has 0 spiro atoms. The Morgan fingerprint density at radius 2 is 1.25 bits per heavy atom. The van der Waals surface area contributed by atoms with Crippen molar-refractivity contribution in [2.45, 2.75) is 89.0 Å². The summed E-state index contributed by atoms with van der Waals surface area (Å²) in [4.78, 5) is 11.0. The molecule has 0 saturated heterocycles. The minimum Gasteiger partial charge on any atom is -0.507 e. The molecule has 1 N–H and O–H groups in total. The fourth-order valence-electron chi connectivity index (χ4n) is 6.51. The molecule has 0 atom stereocenters. The van der Waals surface area contributed by atoms with E-state index in [1.807, 2.05) is 42.6 Å². The zero-order valence-electron chi connectivity index (χ0n) is 30.8. The van der Waals surface area contributed by atoms with Gasteiger partial charge >= 0.3 is 0 Å². The zero-order valence-corrected chi connectivity index (χ0v) is 33.9. The van der Waals surface area contributed by atoms with E-state index in [0.29, 0.717) is 29.2 Å². The van der Waals surface area contributed by atoms with Gasteiger partial charge in [-0.05, 0) is 87.0 Å². The van der Waals surface area contributed by atoms with Crippen LogP contribution in [-0.4, -0.2) is 15.1 Å². The standard InChI is InChI=1S/C46H47N2OS.Pt/c1-28(2)32-22-33(29(3)4)24-34(23-32)40-19-20-42(48-46(40)41-14-9-10-17-43(41)49)35-25-36(27-37(26-35)50-44-18-11-12-21-47-44)45-38(30(5)6)15-13-16-39(45)31(7)8;/h9-25,27-31,49H,1-8H3;/q-1;. The molecule has 0 bridgehead atoms. The third-order valence-corrected chi connectivity index (χ3v) is 10.2. The van der Waals surface area contributed by atoms with E-state index in [1.54, 1.807) is 17.8 Å². The number of aromatic nitrogens is 2. The molecular formula is C46H47N2OPtS-. The van der Waals surface area contributed by atoms with Gasteiger partial charge in [0.2, 0.25) is 0 Å². The van der Waals surface area contributed by atoms with Crippen LogP contribution in [0, 0.1) is 6.07 Å². The number of nitrogens with zero attached hydrogens (tertiary/aromatic N) is 2. The number of phenolic OH excluding ortho intramolecular Hbond substituents is 1. The fourth-order valence-corrected chi connectivity index (χ4v) is 7.34. The second kappa shape index (κ2) is 16.6. The molecule has 0 unspecified atom stereocenters. The first-order valence-corrected chi connectivity index (χ1v) is 18.6. The number of benzene rings is 4. The Morgan fingerprint density at radius 3 is 1.84 bits per heavy atom. The van der Waals surface area contributed by atoms with Gasteiger partial charge in [-0.3, -0.25) is 4.98 Å². The Labute approximate surface area is 323 Å². The second-order valence-corrected chi connectivity index (χ2v) is 15.4. The molecule has 264 valence electrons. The topological polar surface area (TPSA) is 46.0 Å². The third kappa shape index (κ3) is 8.57. The molecule has 0 amide bonds. The molecule has 3 nitrogen and oxygen atoms in total. The number of phenols is 1. The number of pyridine rings is 2. The zero-order chi connectivity index (χ0) is 35.5. The summed E-state index contributed by atoms with van der Waals surface area (Å²) in [6.45, 7) is 18.0. The number of hydrogen-bond acceptors (Lipinski definition) is 4. The van der Waals surface area contributed by atoms with Crippen molar-refractivity contribution >= 4 is 11.8 Å². The van der Waals surface area contributed by atoms with Gasteiger partial charge in [0.1, 0.15) is 5.75 Å². The van der Waals surface area contributed by atoms with Crippen LogP contribution in [0.15, 0.2) is 119 Å². The Kier molecular flexibility index (Phi) is 12.4. The van der Waals surface area contributed by atoms with Crippen molar-refractivity contribution in [2.75, 3.05) is 0 Å². The van der Waals surface area contributed by atoms with E-state index >= 15 is 0 Å². The maximum absolute atomic E-state index is 11.2. The van der Waals surface area contributed by atoms with Gasteiger partial charge in [-0.1, -0.05) is 144 Å². The van der Waals surface area contributed by atoms with Gasteiger partial charge in [-0.2, -0.15) is 0 Å². The molecule has 5 heteroatoms. The quantitative estimate of drug-likeness (QED) is 0.139. The Morgan fingerprint density at radius 1 is 0.608 bits per heavy atom. The van der Waals surface area contributed by atoms with Crippen LogP contribution in [0.5, 0.6) is 5.75 Å². The molecule has 0 radical (unpaired) electrons. The molecule has 51 heavy (non-hydrogen) atoms. The van der Waals surface area contributed by atoms with Gasteiger partial charge in [0.15, 0.2) is 0 Å². The molecule has 0 aliphatic heterocycles. The largest absolute Gasteiger partial charge is 0.507 e. The molecule has 4 aromatic carbocycles. The summed E-state index contributed by atoms with van der Waals surface area (Å²) < 4.78 is 0. The number of rotatable bonds is 10. The van der Waals surface area contributed by atoms with E-state index in [0.717, 1.165) is 43.6 Å². The Balaban J connectivity index is 0.00000504. The fraction of sp³-hybridized carbons (Fsp3) is 0.261. The first-order valence-electron chi connectivity index (χ1n) is 17.7. The Hall–Kier alpha value is -3.98. The minimum absolute atomic E-state index is 0. The van der Waals surface area contributed by atoms with Gasteiger partial charge in [-0.15, -0.1) is 23.8 Å². The predicted octanol–water partition coefficient (Wildman–Crippen LogP) is 13.3. The molecule has 2 aromatic heterocycles. The van der Waals surface area contributed by atoms with Gasteiger partial charge in [0.25, 0.3) is 0 Å². The monoisotopic (exact) mass is 870 g/mol. The number of aromatic hydroxyl groups is 1. The summed E-state index contributed by atoms with van der Waals surface area (Å²) in [7, 11) is 0. The van der Waals surface area contributed by atoms with Crippen LogP contribution in [0.3, 0.4) is 0 Å². The predicted molar refractivity (Wildman–Crippen MR) is 211 cm³/mol. The van der Waals surface area contributed by atoms with Crippen LogP contribution < -0.4 is 0 Å². The van der Waals surface area contributed by atoms with Crippen molar-refractivity contribution in [1.82, 2.24) is 9.97 Å². The molecule has 0 aliphatic rings. The van der Waals surface area contributed by atoms with E-state index in [4.69, 9.17) is 4.98 Å². The second-order valence-electron chi connectivity index (χ2n) is 14.3. The summed E-state index contributed by atoms with van der Waals surface area (Å²) in [5.74, 6) is 1.67. The van der Waals surface area contributed by atoms with E-state index in [9.17, 15) is 5.11 Å². The first-order chi connectivity index (χ1) is 24.0. The van der Waals surface area contributed by atoms with Crippen LogP contribution >= 0.6 is 11.8 Å². The van der Waals surface area contributed by atoms with Crippen LogP contribution in [0.4, 0.5) is 0 Å². The van der Waals surface area contributed by atoms with Gasteiger partial charge < -0.3 is 5.11 Å². The smallest absolute Gasteiger partial charge is 0.124 e. The number of para-hydroxylation sites is 1.